The molecule has 4 heteroatoms. The van der Waals surface area contributed by atoms with Crippen LogP contribution in [0.4, 0.5) is 0 Å². The highest BCUT2D eigenvalue weighted by molar-refractivity contribution is 6.10. The second-order valence-electron chi connectivity index (χ2n) is 8.52. The zero-order valence-electron chi connectivity index (χ0n) is 14.8. The predicted molar refractivity (Wildman–Crippen MR) is 89.2 cm³/mol. The largest absolute Gasteiger partial charge is 0.299 e. The second-order valence-corrected chi connectivity index (χ2v) is 8.52. The van der Waals surface area contributed by atoms with Crippen molar-refractivity contribution in [3.8, 4) is 0 Å². The molecule has 2 saturated carbocycles. The van der Waals surface area contributed by atoms with Crippen LogP contribution in [-0.4, -0.2) is 23.1 Å². The van der Waals surface area contributed by atoms with Gasteiger partial charge in [0.15, 0.2) is 5.78 Å². The average Bonchev–Trinajstić information content (AvgIpc) is 2.50. The molecule has 0 aromatic heterocycles. The molecule has 0 bridgehead atoms. The summed E-state index contributed by atoms with van der Waals surface area (Å²) in [4.78, 5) is 49.4. The lowest BCUT2D eigenvalue weighted by Gasteiger charge is -2.56. The maximum atomic E-state index is 12.7. The van der Waals surface area contributed by atoms with E-state index in [1.54, 1.807) is 6.08 Å². The number of Topliss-reactive ketones (excluding diaryl/α,β-unsaturated/α-hetero) is 3. The molecule has 130 valence electrons. The molecule has 4 nitrogen and oxygen atoms in total. The Bertz CT molecular complexity index is 642. The summed E-state index contributed by atoms with van der Waals surface area (Å²) >= 11 is 0. The Morgan fingerprint density at radius 3 is 2.42 bits per heavy atom. The zero-order chi connectivity index (χ0) is 17.7. The first kappa shape index (κ1) is 17.2. The summed E-state index contributed by atoms with van der Waals surface area (Å²) in [7, 11) is 0. The van der Waals surface area contributed by atoms with Gasteiger partial charge in [0.2, 0.25) is 0 Å². The first-order chi connectivity index (χ1) is 11.2. The molecule has 24 heavy (non-hydrogen) atoms. The minimum Gasteiger partial charge on any atom is -0.299 e. The van der Waals surface area contributed by atoms with E-state index in [1.165, 1.54) is 6.08 Å². The molecule has 4 atom stereocenters. The smallest absolute Gasteiger partial charge is 0.165 e. The summed E-state index contributed by atoms with van der Waals surface area (Å²) in [6, 6.07) is 0. The van der Waals surface area contributed by atoms with Crippen molar-refractivity contribution in [3.05, 3.63) is 12.2 Å². The molecular weight excluding hydrogens is 304 g/mol. The van der Waals surface area contributed by atoms with E-state index < -0.39 is 11.3 Å². The van der Waals surface area contributed by atoms with Crippen molar-refractivity contribution >= 4 is 23.1 Å². The monoisotopic (exact) mass is 330 g/mol. The SMILES string of the molecule is CC1(C)C(=O)CCC2(C)C(CC3C(=O)C=CCC3=O)C(=O)CCC12. The normalized spacial score (nSPS) is 39.0. The molecule has 0 aliphatic heterocycles. The summed E-state index contributed by atoms with van der Waals surface area (Å²) < 4.78 is 0. The van der Waals surface area contributed by atoms with E-state index in [2.05, 4.69) is 6.92 Å². The minimum absolute atomic E-state index is 0.0767. The van der Waals surface area contributed by atoms with E-state index in [9.17, 15) is 19.2 Å². The van der Waals surface area contributed by atoms with Gasteiger partial charge in [-0.15, -0.1) is 0 Å². The van der Waals surface area contributed by atoms with Gasteiger partial charge in [-0.3, -0.25) is 19.2 Å². The number of hydrogen-bond donors (Lipinski definition) is 0. The standard InChI is InChI=1S/C20H26O4/c1-19(2)17-8-7-16(23)13(20(17,3)10-9-18(19)24)11-12-14(21)5-4-6-15(12)22/h4-5,12-13,17H,6-11H2,1-3H3. The molecule has 0 aromatic rings. The maximum Gasteiger partial charge on any atom is 0.165 e. The minimum atomic E-state index is -0.680. The van der Waals surface area contributed by atoms with Crippen LogP contribution in [-0.2, 0) is 19.2 Å². The van der Waals surface area contributed by atoms with Gasteiger partial charge in [0.05, 0.1) is 5.92 Å². The van der Waals surface area contributed by atoms with Crippen molar-refractivity contribution in [3.63, 3.8) is 0 Å². The Morgan fingerprint density at radius 1 is 1.04 bits per heavy atom. The quantitative estimate of drug-likeness (QED) is 0.730. The van der Waals surface area contributed by atoms with Crippen LogP contribution in [0.15, 0.2) is 12.2 Å². The van der Waals surface area contributed by atoms with Gasteiger partial charge in [-0.2, -0.15) is 0 Å². The highest BCUT2D eigenvalue weighted by atomic mass is 16.2. The number of fused-ring (bicyclic) bond motifs is 1. The van der Waals surface area contributed by atoms with Gasteiger partial charge in [0.1, 0.15) is 17.3 Å². The van der Waals surface area contributed by atoms with Crippen molar-refractivity contribution in [1.29, 1.82) is 0 Å². The zero-order valence-corrected chi connectivity index (χ0v) is 14.8. The molecular formula is C20H26O4. The molecule has 3 rings (SSSR count). The second kappa shape index (κ2) is 5.75. The van der Waals surface area contributed by atoms with E-state index in [1.807, 2.05) is 13.8 Å². The van der Waals surface area contributed by atoms with Gasteiger partial charge in [-0.05, 0) is 36.7 Å². The highest BCUT2D eigenvalue weighted by Crippen LogP contribution is 2.59. The first-order valence-corrected chi connectivity index (χ1v) is 8.97. The molecule has 3 aliphatic rings. The van der Waals surface area contributed by atoms with Crippen molar-refractivity contribution < 1.29 is 19.2 Å². The summed E-state index contributed by atoms with van der Waals surface area (Å²) in [5.74, 6) is -0.658. The van der Waals surface area contributed by atoms with Crippen LogP contribution < -0.4 is 0 Å². The molecule has 3 aliphatic carbocycles. The van der Waals surface area contributed by atoms with E-state index >= 15 is 0 Å². The van der Waals surface area contributed by atoms with Crippen molar-refractivity contribution in [2.24, 2.45) is 28.6 Å². The number of carbonyl (C=O) groups is 4. The van der Waals surface area contributed by atoms with Gasteiger partial charge in [0, 0.05) is 30.6 Å². The van der Waals surface area contributed by atoms with Gasteiger partial charge >= 0.3 is 0 Å². The fraction of sp³-hybridized carbons (Fsp3) is 0.700. The molecule has 0 saturated heterocycles. The predicted octanol–water partition coefficient (Wildman–Crippen LogP) is 3.08. The lowest BCUT2D eigenvalue weighted by molar-refractivity contribution is -0.157. The molecule has 4 unspecified atom stereocenters. The van der Waals surface area contributed by atoms with Crippen molar-refractivity contribution in [2.45, 2.75) is 59.3 Å². The summed E-state index contributed by atoms with van der Waals surface area (Å²) in [5, 5.41) is 0. The van der Waals surface area contributed by atoms with Crippen molar-refractivity contribution in [2.75, 3.05) is 0 Å². The molecule has 0 radical (unpaired) electrons. The summed E-state index contributed by atoms with van der Waals surface area (Å²) in [6.07, 6.45) is 6.03. The van der Waals surface area contributed by atoms with Crippen LogP contribution in [0.3, 0.4) is 0 Å². The van der Waals surface area contributed by atoms with Gasteiger partial charge in [0.25, 0.3) is 0 Å². The molecule has 0 amide bonds. The lowest BCUT2D eigenvalue weighted by atomic mass is 9.47. The molecule has 0 aromatic carbocycles. The molecule has 0 heterocycles. The first-order valence-electron chi connectivity index (χ1n) is 8.97. The van der Waals surface area contributed by atoms with E-state index in [0.717, 1.165) is 6.42 Å². The number of carbonyl (C=O) groups excluding carboxylic acids is 4. The fourth-order valence-corrected chi connectivity index (χ4v) is 5.43. The van der Waals surface area contributed by atoms with Crippen LogP contribution in [0.5, 0.6) is 0 Å². The number of ketones is 4. The summed E-state index contributed by atoms with van der Waals surface area (Å²) in [6.45, 7) is 6.08. The van der Waals surface area contributed by atoms with Gasteiger partial charge in [-0.25, -0.2) is 0 Å². The van der Waals surface area contributed by atoms with Crippen molar-refractivity contribution in [1.82, 2.24) is 0 Å². The van der Waals surface area contributed by atoms with Crippen LogP contribution in [0.2, 0.25) is 0 Å². The Kier molecular flexibility index (Phi) is 4.13. The topological polar surface area (TPSA) is 68.3 Å². The Morgan fingerprint density at radius 2 is 1.75 bits per heavy atom. The third-order valence-electron chi connectivity index (χ3n) is 6.95. The molecule has 0 spiro atoms. The summed E-state index contributed by atoms with van der Waals surface area (Å²) in [5.41, 5.74) is -0.735. The van der Waals surface area contributed by atoms with Crippen LogP contribution >= 0.6 is 0 Å². The third kappa shape index (κ3) is 2.51. The number of allylic oxidation sites excluding steroid dienone is 2. The highest BCUT2D eigenvalue weighted by Gasteiger charge is 2.58. The van der Waals surface area contributed by atoms with Crippen LogP contribution in [0.25, 0.3) is 0 Å². The lowest BCUT2D eigenvalue weighted by Crippen LogP contribution is -2.55. The number of hydrogen-bond acceptors (Lipinski definition) is 4. The molecule has 0 N–H and O–H groups in total. The Balaban J connectivity index is 1.93. The Hall–Kier alpha value is -1.58. The van der Waals surface area contributed by atoms with E-state index in [0.29, 0.717) is 25.7 Å². The Labute approximate surface area is 143 Å². The average molecular weight is 330 g/mol. The number of rotatable bonds is 2. The van der Waals surface area contributed by atoms with Gasteiger partial charge in [-0.1, -0.05) is 26.8 Å². The molecule has 2 fully saturated rings. The van der Waals surface area contributed by atoms with Crippen LogP contribution in [0.1, 0.15) is 59.3 Å². The van der Waals surface area contributed by atoms with Gasteiger partial charge < -0.3 is 0 Å². The third-order valence-corrected chi connectivity index (χ3v) is 6.95. The van der Waals surface area contributed by atoms with E-state index in [-0.39, 0.29) is 46.8 Å². The fourth-order valence-electron chi connectivity index (χ4n) is 5.43. The van der Waals surface area contributed by atoms with Crippen LogP contribution in [0, 0.1) is 28.6 Å². The van der Waals surface area contributed by atoms with E-state index in [4.69, 9.17) is 0 Å². The maximum absolute atomic E-state index is 12.7.